The molecule has 1 saturated carbocycles. The van der Waals surface area contributed by atoms with Gasteiger partial charge >= 0.3 is 0 Å². The lowest BCUT2D eigenvalue weighted by atomic mass is 9.83. The molecule has 1 amide bonds. The molecule has 2 atom stereocenters. The number of nitrogens with zero attached hydrogens (tertiary/aromatic N) is 2. The predicted molar refractivity (Wildman–Crippen MR) is 147 cm³/mol. The Morgan fingerprint density at radius 3 is 2.41 bits per heavy atom. The van der Waals surface area contributed by atoms with Crippen molar-refractivity contribution in [3.8, 4) is 22.9 Å². The molecule has 0 aliphatic heterocycles. The Morgan fingerprint density at radius 1 is 0.946 bits per heavy atom. The number of imidazole rings is 1. The van der Waals surface area contributed by atoms with Crippen LogP contribution in [-0.4, -0.2) is 29.7 Å². The molecule has 6 nitrogen and oxygen atoms in total. The molecule has 0 saturated heterocycles. The minimum Gasteiger partial charge on any atom is -0.497 e. The molecule has 1 unspecified atom stereocenters. The standard InChI is InChI=1S/C31H35N3O3/c1-21(22-12-6-4-7-13-22)32-31(35)29(23-14-8-5-9-15-23)34-27-17-11-10-16-26(27)33-30(34)25-19-18-24(36-2)20-28(25)37-3/h4,6-7,10-13,16-21,23,29H,5,8-9,14-15H2,1-3H3,(H,32,35)/t21?,29-/m1/s1. The zero-order valence-corrected chi connectivity index (χ0v) is 21.8. The summed E-state index contributed by atoms with van der Waals surface area (Å²) in [5.74, 6) is 2.36. The largest absolute Gasteiger partial charge is 0.497 e. The number of ether oxygens (including phenoxy) is 2. The first-order valence-electron chi connectivity index (χ1n) is 13.2. The maximum atomic E-state index is 14.2. The summed E-state index contributed by atoms with van der Waals surface area (Å²) in [6.45, 7) is 2.05. The third-order valence-electron chi connectivity index (χ3n) is 7.55. The summed E-state index contributed by atoms with van der Waals surface area (Å²) in [5, 5.41) is 3.33. The maximum Gasteiger partial charge on any atom is 0.243 e. The lowest BCUT2D eigenvalue weighted by Gasteiger charge is -2.33. The Balaban J connectivity index is 1.65. The van der Waals surface area contributed by atoms with Crippen LogP contribution in [0.25, 0.3) is 22.4 Å². The first kappa shape index (κ1) is 24.9. The highest BCUT2D eigenvalue weighted by atomic mass is 16.5. The molecule has 37 heavy (non-hydrogen) atoms. The number of methoxy groups -OCH3 is 2. The van der Waals surface area contributed by atoms with Crippen molar-refractivity contribution in [2.24, 2.45) is 5.92 Å². The van der Waals surface area contributed by atoms with Crippen molar-refractivity contribution in [1.29, 1.82) is 0 Å². The Kier molecular flexibility index (Phi) is 7.45. The van der Waals surface area contributed by atoms with Gasteiger partial charge in [0.15, 0.2) is 0 Å². The second-order valence-electron chi connectivity index (χ2n) is 9.84. The van der Waals surface area contributed by atoms with Crippen LogP contribution in [-0.2, 0) is 4.79 Å². The SMILES string of the molecule is COc1ccc(-c2nc3ccccc3n2[C@@H](C(=O)NC(C)c2ccccc2)C2CCCCC2)c(OC)c1. The quantitative estimate of drug-likeness (QED) is 0.293. The van der Waals surface area contributed by atoms with E-state index in [2.05, 4.69) is 28.1 Å². The number of nitrogens with one attached hydrogen (secondary N) is 1. The lowest BCUT2D eigenvalue weighted by molar-refractivity contribution is -0.126. The molecular weight excluding hydrogens is 462 g/mol. The number of para-hydroxylation sites is 2. The van der Waals surface area contributed by atoms with E-state index in [0.717, 1.165) is 53.7 Å². The van der Waals surface area contributed by atoms with Gasteiger partial charge in [0.2, 0.25) is 5.91 Å². The summed E-state index contributed by atoms with van der Waals surface area (Å²) < 4.78 is 13.4. The van der Waals surface area contributed by atoms with Gasteiger partial charge in [-0.1, -0.05) is 61.7 Å². The number of hydrogen-bond acceptors (Lipinski definition) is 4. The summed E-state index contributed by atoms with van der Waals surface area (Å²) in [4.78, 5) is 19.2. The number of carbonyl (C=O) groups is 1. The highest BCUT2D eigenvalue weighted by Gasteiger charge is 2.35. The van der Waals surface area contributed by atoms with Crippen molar-refractivity contribution in [1.82, 2.24) is 14.9 Å². The molecule has 1 fully saturated rings. The molecule has 1 aliphatic rings. The number of fused-ring (bicyclic) bond motifs is 1. The molecule has 3 aromatic carbocycles. The van der Waals surface area contributed by atoms with Gasteiger partial charge in [-0.3, -0.25) is 4.79 Å². The van der Waals surface area contributed by atoms with Crippen LogP contribution in [0, 0.1) is 5.92 Å². The number of hydrogen-bond donors (Lipinski definition) is 1. The van der Waals surface area contributed by atoms with E-state index >= 15 is 0 Å². The molecule has 4 aromatic rings. The molecule has 1 aromatic heterocycles. The predicted octanol–water partition coefficient (Wildman–Crippen LogP) is 6.72. The summed E-state index contributed by atoms with van der Waals surface area (Å²) >= 11 is 0. The van der Waals surface area contributed by atoms with Gasteiger partial charge in [-0.05, 0) is 55.5 Å². The topological polar surface area (TPSA) is 65.4 Å². The molecule has 1 aliphatic carbocycles. The highest BCUT2D eigenvalue weighted by molar-refractivity contribution is 5.88. The smallest absolute Gasteiger partial charge is 0.243 e. The zero-order chi connectivity index (χ0) is 25.8. The van der Waals surface area contributed by atoms with Gasteiger partial charge in [0.05, 0.1) is 36.9 Å². The summed E-state index contributed by atoms with van der Waals surface area (Å²) in [6.07, 6.45) is 5.52. The fraction of sp³-hybridized carbons (Fsp3) is 0.355. The lowest BCUT2D eigenvalue weighted by Crippen LogP contribution is -2.39. The van der Waals surface area contributed by atoms with Crippen LogP contribution in [0.2, 0.25) is 0 Å². The van der Waals surface area contributed by atoms with E-state index in [1.54, 1.807) is 14.2 Å². The Hall–Kier alpha value is -3.80. The highest BCUT2D eigenvalue weighted by Crippen LogP contribution is 2.41. The fourth-order valence-corrected chi connectivity index (χ4v) is 5.62. The molecule has 1 heterocycles. The van der Waals surface area contributed by atoms with Crippen LogP contribution < -0.4 is 14.8 Å². The van der Waals surface area contributed by atoms with E-state index in [4.69, 9.17) is 14.5 Å². The normalized spacial score (nSPS) is 15.8. The molecule has 0 spiro atoms. The summed E-state index contributed by atoms with van der Waals surface area (Å²) in [7, 11) is 3.29. The van der Waals surface area contributed by atoms with Crippen molar-refractivity contribution in [2.45, 2.75) is 51.1 Å². The second kappa shape index (κ2) is 11.1. The van der Waals surface area contributed by atoms with Crippen LogP contribution in [0.3, 0.4) is 0 Å². The van der Waals surface area contributed by atoms with Crippen LogP contribution in [0.5, 0.6) is 11.5 Å². The molecule has 192 valence electrons. The number of rotatable bonds is 8. The van der Waals surface area contributed by atoms with Crippen molar-refractivity contribution in [3.63, 3.8) is 0 Å². The Morgan fingerprint density at radius 2 is 1.68 bits per heavy atom. The second-order valence-corrected chi connectivity index (χ2v) is 9.84. The number of amides is 1. The van der Waals surface area contributed by atoms with Crippen LogP contribution in [0.1, 0.15) is 56.7 Å². The fourth-order valence-electron chi connectivity index (χ4n) is 5.62. The maximum absolute atomic E-state index is 14.2. The summed E-state index contributed by atoms with van der Waals surface area (Å²) in [6, 6.07) is 23.4. The van der Waals surface area contributed by atoms with E-state index in [1.807, 2.05) is 61.5 Å². The van der Waals surface area contributed by atoms with Gasteiger partial charge in [0, 0.05) is 6.07 Å². The van der Waals surface area contributed by atoms with E-state index < -0.39 is 0 Å². The molecule has 5 rings (SSSR count). The molecule has 6 heteroatoms. The van der Waals surface area contributed by atoms with E-state index in [9.17, 15) is 4.79 Å². The number of aromatic nitrogens is 2. The Labute approximate surface area is 218 Å². The van der Waals surface area contributed by atoms with Crippen LogP contribution in [0.4, 0.5) is 0 Å². The minimum absolute atomic E-state index is 0.0279. The average Bonchev–Trinajstić information content (AvgIpc) is 3.32. The van der Waals surface area contributed by atoms with Crippen molar-refractivity contribution in [2.75, 3.05) is 14.2 Å². The van der Waals surface area contributed by atoms with Gasteiger partial charge in [-0.2, -0.15) is 0 Å². The van der Waals surface area contributed by atoms with Crippen LogP contribution >= 0.6 is 0 Å². The van der Waals surface area contributed by atoms with E-state index in [1.165, 1.54) is 6.42 Å². The van der Waals surface area contributed by atoms with Crippen molar-refractivity contribution >= 4 is 16.9 Å². The monoisotopic (exact) mass is 497 g/mol. The third kappa shape index (κ3) is 5.06. The first-order chi connectivity index (χ1) is 18.1. The minimum atomic E-state index is -0.388. The van der Waals surface area contributed by atoms with Crippen molar-refractivity contribution < 1.29 is 14.3 Å². The molecular formula is C31H35N3O3. The molecule has 1 N–H and O–H groups in total. The van der Waals surface area contributed by atoms with Gasteiger partial charge in [-0.25, -0.2) is 4.98 Å². The molecule has 0 bridgehead atoms. The third-order valence-corrected chi connectivity index (χ3v) is 7.55. The van der Waals surface area contributed by atoms with E-state index in [-0.39, 0.29) is 23.9 Å². The van der Waals surface area contributed by atoms with Crippen LogP contribution in [0.15, 0.2) is 72.8 Å². The van der Waals surface area contributed by atoms with Gasteiger partial charge < -0.3 is 19.4 Å². The van der Waals surface area contributed by atoms with Gasteiger partial charge in [0.25, 0.3) is 0 Å². The first-order valence-corrected chi connectivity index (χ1v) is 13.2. The van der Waals surface area contributed by atoms with Crippen molar-refractivity contribution in [3.05, 3.63) is 78.4 Å². The number of carbonyl (C=O) groups excluding carboxylic acids is 1. The van der Waals surface area contributed by atoms with Gasteiger partial charge in [0.1, 0.15) is 23.4 Å². The van der Waals surface area contributed by atoms with E-state index in [0.29, 0.717) is 11.5 Å². The number of benzene rings is 3. The molecule has 0 radical (unpaired) electrons. The zero-order valence-electron chi connectivity index (χ0n) is 21.8. The Bertz CT molecular complexity index is 1360. The van der Waals surface area contributed by atoms with Gasteiger partial charge in [-0.15, -0.1) is 0 Å². The summed E-state index contributed by atoms with van der Waals surface area (Å²) in [5.41, 5.74) is 3.74. The average molecular weight is 498 g/mol.